The Morgan fingerprint density at radius 2 is 1.57 bits per heavy atom. The summed E-state index contributed by atoms with van der Waals surface area (Å²) in [6.07, 6.45) is 9.87. The van der Waals surface area contributed by atoms with Crippen LogP contribution in [0.4, 0.5) is 4.79 Å². The van der Waals surface area contributed by atoms with Gasteiger partial charge in [-0.1, -0.05) is 0 Å². The van der Waals surface area contributed by atoms with Crippen molar-refractivity contribution in [2.24, 2.45) is 7.05 Å². The molecule has 238 valence electrons. The van der Waals surface area contributed by atoms with Gasteiger partial charge in [-0.15, -0.1) is 0 Å². The topological polar surface area (TPSA) is 95.4 Å². The lowest BCUT2D eigenvalue weighted by Crippen LogP contribution is -2.45. The molecule has 10 heteroatoms. The Morgan fingerprint density at radius 3 is 2.16 bits per heavy atom. The largest absolute Gasteiger partial charge is 0.496 e. The third-order valence-electron chi connectivity index (χ3n) is 8.59. The second-order valence-corrected chi connectivity index (χ2v) is 12.8. The van der Waals surface area contributed by atoms with Gasteiger partial charge in [0.1, 0.15) is 17.1 Å². The molecular formula is C34H46N4O6. The summed E-state index contributed by atoms with van der Waals surface area (Å²) < 4.78 is 25.3. The van der Waals surface area contributed by atoms with Crippen molar-refractivity contribution in [2.45, 2.75) is 70.7 Å². The number of likely N-dealkylation sites (tertiary alicyclic amines) is 2. The van der Waals surface area contributed by atoms with Crippen LogP contribution in [0.2, 0.25) is 0 Å². The van der Waals surface area contributed by atoms with Gasteiger partial charge in [-0.3, -0.25) is 9.78 Å². The number of fused-ring (bicyclic) bond motifs is 1. The van der Waals surface area contributed by atoms with Crippen LogP contribution < -0.4 is 15.0 Å². The fraction of sp³-hybridized carbons (Fsp3) is 0.559. The third kappa shape index (κ3) is 7.35. The number of hydrogen-bond donors (Lipinski definition) is 0. The van der Waals surface area contributed by atoms with E-state index >= 15 is 0 Å². The van der Waals surface area contributed by atoms with Gasteiger partial charge in [-0.05, 0) is 82.0 Å². The van der Waals surface area contributed by atoms with Crippen LogP contribution in [0, 0.1) is 0 Å². The molecule has 1 amide bonds. The van der Waals surface area contributed by atoms with E-state index in [1.807, 2.05) is 45.2 Å². The van der Waals surface area contributed by atoms with Crippen molar-refractivity contribution < 1.29 is 23.7 Å². The van der Waals surface area contributed by atoms with Gasteiger partial charge in [-0.25, -0.2) is 4.79 Å². The van der Waals surface area contributed by atoms with Gasteiger partial charge in [-0.2, -0.15) is 0 Å². The van der Waals surface area contributed by atoms with Crippen molar-refractivity contribution >= 4 is 16.9 Å². The maximum absolute atomic E-state index is 12.7. The molecule has 0 unspecified atom stereocenters. The minimum absolute atomic E-state index is 0.0786. The van der Waals surface area contributed by atoms with Crippen LogP contribution >= 0.6 is 0 Å². The number of piperidine rings is 2. The molecule has 2 aliphatic heterocycles. The van der Waals surface area contributed by atoms with Gasteiger partial charge in [0.15, 0.2) is 0 Å². The second kappa shape index (κ2) is 13.6. The highest BCUT2D eigenvalue weighted by Gasteiger charge is 2.30. The van der Waals surface area contributed by atoms with Gasteiger partial charge in [0.2, 0.25) is 0 Å². The van der Waals surface area contributed by atoms with E-state index in [0.29, 0.717) is 18.5 Å². The number of nitrogens with zero attached hydrogens (tertiary/aromatic N) is 4. The summed E-state index contributed by atoms with van der Waals surface area (Å²) >= 11 is 0. The molecule has 10 nitrogen and oxygen atoms in total. The van der Waals surface area contributed by atoms with Gasteiger partial charge in [0.25, 0.3) is 5.56 Å². The predicted octanol–water partition coefficient (Wildman–Crippen LogP) is 5.04. The minimum Gasteiger partial charge on any atom is -0.496 e. The molecule has 3 aromatic rings. The smallest absolute Gasteiger partial charge is 0.410 e. The first-order chi connectivity index (χ1) is 21.1. The highest BCUT2D eigenvalue weighted by Crippen LogP contribution is 2.37. The number of aryl methyl sites for hydroxylation is 1. The first kappa shape index (κ1) is 31.8. The molecule has 44 heavy (non-hydrogen) atoms. The Labute approximate surface area is 259 Å². The molecule has 2 saturated heterocycles. The number of rotatable bonds is 8. The summed E-state index contributed by atoms with van der Waals surface area (Å²) in [5, 5.41) is 1.42. The summed E-state index contributed by atoms with van der Waals surface area (Å²) in [6, 6.07) is 5.94. The zero-order valence-electron chi connectivity index (χ0n) is 26.9. The summed E-state index contributed by atoms with van der Waals surface area (Å²) in [7, 11) is 5.13. The number of aromatic nitrogens is 2. The van der Waals surface area contributed by atoms with E-state index in [1.165, 1.54) is 0 Å². The van der Waals surface area contributed by atoms with E-state index in [4.69, 9.17) is 18.9 Å². The average molecular weight is 607 g/mol. The fourth-order valence-corrected chi connectivity index (χ4v) is 6.24. The molecule has 0 spiro atoms. The first-order valence-electron chi connectivity index (χ1n) is 15.6. The van der Waals surface area contributed by atoms with Gasteiger partial charge in [0, 0.05) is 69.5 Å². The number of ether oxygens (including phenoxy) is 4. The lowest BCUT2D eigenvalue weighted by Gasteiger charge is -2.37. The van der Waals surface area contributed by atoms with Crippen LogP contribution in [0.15, 0.2) is 41.6 Å². The zero-order valence-corrected chi connectivity index (χ0v) is 26.9. The molecule has 0 saturated carbocycles. The zero-order chi connectivity index (χ0) is 31.4. The van der Waals surface area contributed by atoms with E-state index < -0.39 is 5.60 Å². The van der Waals surface area contributed by atoms with E-state index in [1.54, 1.807) is 43.1 Å². The quantitative estimate of drug-likeness (QED) is 0.352. The van der Waals surface area contributed by atoms with E-state index in [2.05, 4.69) is 9.88 Å². The molecule has 0 atom stereocenters. The lowest BCUT2D eigenvalue weighted by molar-refractivity contribution is -0.0661. The van der Waals surface area contributed by atoms with E-state index in [-0.39, 0.29) is 23.9 Å². The van der Waals surface area contributed by atoms with Crippen LogP contribution in [0.1, 0.15) is 52.0 Å². The summed E-state index contributed by atoms with van der Waals surface area (Å²) in [6.45, 7) is 9.88. The maximum atomic E-state index is 12.7. The Balaban J connectivity index is 1.17. The number of carbonyl (C=O) groups is 1. The van der Waals surface area contributed by atoms with Crippen molar-refractivity contribution in [2.75, 3.05) is 46.9 Å². The first-order valence-corrected chi connectivity index (χ1v) is 15.6. The molecule has 4 heterocycles. The second-order valence-electron chi connectivity index (χ2n) is 12.8. The Hall–Kier alpha value is -3.63. The Morgan fingerprint density at radius 1 is 0.955 bits per heavy atom. The number of amides is 1. The highest BCUT2D eigenvalue weighted by atomic mass is 16.6. The lowest BCUT2D eigenvalue weighted by atomic mass is 9.97. The van der Waals surface area contributed by atoms with Crippen molar-refractivity contribution in [3.05, 3.63) is 52.7 Å². The molecule has 2 aromatic heterocycles. The van der Waals surface area contributed by atoms with Crippen molar-refractivity contribution in [3.8, 4) is 22.6 Å². The molecule has 2 aliphatic rings. The van der Waals surface area contributed by atoms with Gasteiger partial charge < -0.3 is 33.3 Å². The SMILES string of the molecule is COc1cc(-c2cn(C)c(=O)c3cnccc23)cc(OC)c1CCN1CCC(OC2CCN(C(=O)OC(C)(C)C)CC2)CC1. The molecular weight excluding hydrogens is 560 g/mol. The molecule has 0 N–H and O–H groups in total. The van der Waals surface area contributed by atoms with Crippen molar-refractivity contribution in [1.82, 2.24) is 19.4 Å². The van der Waals surface area contributed by atoms with Crippen molar-refractivity contribution in [1.29, 1.82) is 0 Å². The van der Waals surface area contributed by atoms with Crippen LogP contribution in [0.5, 0.6) is 11.5 Å². The van der Waals surface area contributed by atoms with E-state index in [9.17, 15) is 9.59 Å². The van der Waals surface area contributed by atoms with Crippen LogP contribution in [0.25, 0.3) is 21.9 Å². The third-order valence-corrected chi connectivity index (χ3v) is 8.59. The normalized spacial score (nSPS) is 17.2. The molecule has 0 aliphatic carbocycles. The van der Waals surface area contributed by atoms with Crippen LogP contribution in [-0.4, -0.2) is 90.2 Å². The number of benzene rings is 1. The Bertz CT molecular complexity index is 1490. The number of carbonyl (C=O) groups excluding carboxylic acids is 1. The minimum atomic E-state index is -0.476. The van der Waals surface area contributed by atoms with Crippen molar-refractivity contribution in [3.63, 3.8) is 0 Å². The average Bonchev–Trinajstić information content (AvgIpc) is 3.01. The monoisotopic (exact) mass is 606 g/mol. The fourth-order valence-electron chi connectivity index (χ4n) is 6.24. The maximum Gasteiger partial charge on any atom is 0.410 e. The summed E-state index contributed by atoms with van der Waals surface area (Å²) in [5.41, 5.74) is 2.32. The molecule has 2 fully saturated rings. The molecule has 5 rings (SSSR count). The van der Waals surface area contributed by atoms with Crippen LogP contribution in [-0.2, 0) is 22.9 Å². The predicted molar refractivity (Wildman–Crippen MR) is 171 cm³/mol. The number of pyridine rings is 2. The molecule has 1 aromatic carbocycles. The van der Waals surface area contributed by atoms with Crippen LogP contribution in [0.3, 0.4) is 0 Å². The van der Waals surface area contributed by atoms with E-state index in [0.717, 1.165) is 85.3 Å². The van der Waals surface area contributed by atoms with Gasteiger partial charge in [0.05, 0.1) is 31.8 Å². The molecule has 0 bridgehead atoms. The molecule has 0 radical (unpaired) electrons. The standard InChI is InChI=1S/C34H46N4O6/c1-34(2,3)44-33(40)38-17-10-25(11-18-38)43-24-8-14-37(15-9-24)16-12-27-30(41-5)19-23(20-31(27)42-6)29-22-36(4)32(39)28-21-35-13-7-26(28)29/h7,13,19-22,24-25H,8-12,14-18H2,1-6H3. The highest BCUT2D eigenvalue weighted by molar-refractivity contribution is 5.95. The number of methoxy groups -OCH3 is 2. The number of hydrogen-bond acceptors (Lipinski definition) is 8. The summed E-state index contributed by atoms with van der Waals surface area (Å²) in [4.78, 5) is 33.5. The summed E-state index contributed by atoms with van der Waals surface area (Å²) in [5.74, 6) is 1.54. The Kier molecular flexibility index (Phi) is 9.80. The van der Waals surface area contributed by atoms with Gasteiger partial charge >= 0.3 is 6.09 Å².